The maximum absolute atomic E-state index is 13.6. The van der Waals surface area contributed by atoms with Gasteiger partial charge in [-0.2, -0.15) is 8.78 Å². The lowest BCUT2D eigenvalue weighted by Crippen LogP contribution is -2.05. The molecule has 0 aliphatic heterocycles. The van der Waals surface area contributed by atoms with Gasteiger partial charge in [-0.05, 0) is 41.5 Å². The first-order chi connectivity index (χ1) is 12.9. The van der Waals surface area contributed by atoms with E-state index in [2.05, 4.69) is 4.74 Å². The van der Waals surface area contributed by atoms with Crippen LogP contribution < -0.4 is 14.2 Å². The molecule has 5 nitrogen and oxygen atoms in total. The number of alkyl halides is 2. The third-order valence-electron chi connectivity index (χ3n) is 3.41. The fourth-order valence-corrected chi connectivity index (χ4v) is 2.15. The summed E-state index contributed by atoms with van der Waals surface area (Å²) < 4.78 is 57.3. The molecule has 0 bridgehead atoms. The van der Waals surface area contributed by atoms with Gasteiger partial charge in [0.25, 0.3) is 0 Å². The zero-order chi connectivity index (χ0) is 19.8. The van der Waals surface area contributed by atoms with Crippen LogP contribution in [0.1, 0.15) is 11.1 Å². The van der Waals surface area contributed by atoms with Crippen molar-refractivity contribution in [3.63, 3.8) is 0 Å². The fraction of sp³-hybridized carbons (Fsp3) is 0.211. The average Bonchev–Trinajstić information content (AvgIpc) is 2.65. The third-order valence-corrected chi connectivity index (χ3v) is 3.41. The summed E-state index contributed by atoms with van der Waals surface area (Å²) >= 11 is 0. The Morgan fingerprint density at radius 2 is 1.74 bits per heavy atom. The number of methoxy groups -OCH3 is 2. The van der Waals surface area contributed by atoms with Crippen LogP contribution in [0.2, 0.25) is 0 Å². The highest BCUT2D eigenvalue weighted by Gasteiger charge is 2.11. The summed E-state index contributed by atoms with van der Waals surface area (Å²) in [6.45, 7) is -3.08. The number of hydrogen-bond donors (Lipinski definition) is 0. The van der Waals surface area contributed by atoms with Gasteiger partial charge in [-0.15, -0.1) is 0 Å². The smallest absolute Gasteiger partial charge is 0.387 e. The lowest BCUT2D eigenvalue weighted by atomic mass is 10.2. The van der Waals surface area contributed by atoms with Crippen LogP contribution in [0.5, 0.6) is 17.2 Å². The number of esters is 1. The van der Waals surface area contributed by atoms with Crippen molar-refractivity contribution in [2.24, 2.45) is 0 Å². The average molecular weight is 382 g/mol. The molecule has 0 unspecified atom stereocenters. The van der Waals surface area contributed by atoms with E-state index < -0.39 is 18.4 Å². The SMILES string of the molecule is COc1ccc(/C=C/C(=O)OCc2ccc(OC(F)F)c(OC)c2)cc1F. The Balaban J connectivity index is 1.96. The minimum atomic E-state index is -2.98. The molecular weight excluding hydrogens is 365 g/mol. The standard InChI is InChI=1S/C19H17F3O5/c1-24-15-6-3-12(9-14(15)20)5-8-18(23)26-11-13-4-7-16(27-19(21)22)17(10-13)25-2/h3-10,19H,11H2,1-2H3/b8-5+. The highest BCUT2D eigenvalue weighted by atomic mass is 19.3. The second kappa shape index (κ2) is 9.51. The molecule has 0 heterocycles. The minimum absolute atomic E-state index is 0.0908. The molecule has 0 atom stereocenters. The van der Waals surface area contributed by atoms with E-state index in [9.17, 15) is 18.0 Å². The van der Waals surface area contributed by atoms with Crippen LogP contribution in [0.4, 0.5) is 13.2 Å². The molecule has 2 rings (SSSR count). The molecule has 0 radical (unpaired) electrons. The lowest BCUT2D eigenvalue weighted by molar-refractivity contribution is -0.138. The van der Waals surface area contributed by atoms with E-state index in [1.54, 1.807) is 6.07 Å². The van der Waals surface area contributed by atoms with Gasteiger partial charge in [0.05, 0.1) is 14.2 Å². The molecule has 0 saturated heterocycles. The van der Waals surface area contributed by atoms with Gasteiger partial charge < -0.3 is 18.9 Å². The maximum Gasteiger partial charge on any atom is 0.387 e. The van der Waals surface area contributed by atoms with Crippen LogP contribution in [0.25, 0.3) is 6.08 Å². The summed E-state index contributed by atoms with van der Waals surface area (Å²) in [4.78, 5) is 11.8. The Morgan fingerprint density at radius 3 is 2.37 bits per heavy atom. The first kappa shape index (κ1) is 20.2. The van der Waals surface area contributed by atoms with Gasteiger partial charge in [-0.1, -0.05) is 12.1 Å². The number of benzene rings is 2. The Kier molecular flexibility index (Phi) is 7.10. The molecule has 0 spiro atoms. The van der Waals surface area contributed by atoms with Gasteiger partial charge in [0.1, 0.15) is 6.61 Å². The second-order valence-corrected chi connectivity index (χ2v) is 5.20. The van der Waals surface area contributed by atoms with Gasteiger partial charge in [0, 0.05) is 6.08 Å². The number of halogens is 3. The fourth-order valence-electron chi connectivity index (χ4n) is 2.15. The van der Waals surface area contributed by atoms with E-state index in [-0.39, 0.29) is 23.9 Å². The zero-order valence-corrected chi connectivity index (χ0v) is 14.6. The predicted octanol–water partition coefficient (Wildman–Crippen LogP) is 4.20. The molecule has 0 aliphatic rings. The Hall–Kier alpha value is -3.16. The number of carbonyl (C=O) groups is 1. The van der Waals surface area contributed by atoms with Crippen molar-refractivity contribution >= 4 is 12.0 Å². The predicted molar refractivity (Wildman–Crippen MR) is 91.4 cm³/mol. The van der Waals surface area contributed by atoms with Crippen molar-refractivity contribution in [3.8, 4) is 17.2 Å². The molecule has 0 aliphatic carbocycles. The van der Waals surface area contributed by atoms with Crippen LogP contribution >= 0.6 is 0 Å². The van der Waals surface area contributed by atoms with Gasteiger partial charge in [0.15, 0.2) is 23.1 Å². The number of hydrogen-bond acceptors (Lipinski definition) is 5. The van der Waals surface area contributed by atoms with Crippen LogP contribution in [-0.4, -0.2) is 26.8 Å². The van der Waals surface area contributed by atoms with Crippen molar-refractivity contribution < 1.29 is 36.9 Å². The van der Waals surface area contributed by atoms with Crippen LogP contribution in [0.3, 0.4) is 0 Å². The van der Waals surface area contributed by atoms with E-state index in [1.165, 1.54) is 50.6 Å². The van der Waals surface area contributed by atoms with Crippen LogP contribution in [0.15, 0.2) is 42.5 Å². The highest BCUT2D eigenvalue weighted by molar-refractivity contribution is 5.87. The molecule has 144 valence electrons. The Morgan fingerprint density at radius 1 is 1.04 bits per heavy atom. The molecule has 27 heavy (non-hydrogen) atoms. The maximum atomic E-state index is 13.6. The van der Waals surface area contributed by atoms with Gasteiger partial charge in [0.2, 0.25) is 0 Å². The van der Waals surface area contributed by atoms with Crippen molar-refractivity contribution in [1.82, 2.24) is 0 Å². The summed E-state index contributed by atoms with van der Waals surface area (Å²) in [5.41, 5.74) is 0.978. The molecule has 2 aromatic rings. The lowest BCUT2D eigenvalue weighted by Gasteiger charge is -2.11. The molecule has 0 fully saturated rings. The first-order valence-corrected chi connectivity index (χ1v) is 7.73. The number of rotatable bonds is 8. The van der Waals surface area contributed by atoms with E-state index in [0.717, 1.165) is 6.08 Å². The van der Waals surface area contributed by atoms with E-state index >= 15 is 0 Å². The topological polar surface area (TPSA) is 54.0 Å². The Labute approximate surface area is 153 Å². The molecule has 0 amide bonds. The van der Waals surface area contributed by atoms with Crippen LogP contribution in [0, 0.1) is 5.82 Å². The normalized spacial score (nSPS) is 10.9. The van der Waals surface area contributed by atoms with E-state index in [1.807, 2.05) is 0 Å². The quantitative estimate of drug-likeness (QED) is 0.506. The summed E-state index contributed by atoms with van der Waals surface area (Å²) in [5.74, 6) is -1.13. The molecule has 0 saturated carbocycles. The van der Waals surface area contributed by atoms with E-state index in [0.29, 0.717) is 11.1 Å². The monoisotopic (exact) mass is 382 g/mol. The van der Waals surface area contributed by atoms with Crippen molar-refractivity contribution in [2.45, 2.75) is 13.2 Å². The second-order valence-electron chi connectivity index (χ2n) is 5.20. The van der Waals surface area contributed by atoms with Crippen molar-refractivity contribution in [2.75, 3.05) is 14.2 Å². The van der Waals surface area contributed by atoms with Crippen molar-refractivity contribution in [1.29, 1.82) is 0 Å². The zero-order valence-electron chi connectivity index (χ0n) is 14.6. The third kappa shape index (κ3) is 5.95. The summed E-state index contributed by atoms with van der Waals surface area (Å²) in [7, 11) is 2.66. The minimum Gasteiger partial charge on any atom is -0.494 e. The highest BCUT2D eigenvalue weighted by Crippen LogP contribution is 2.29. The number of ether oxygens (including phenoxy) is 4. The summed E-state index contributed by atoms with van der Waals surface area (Å²) in [6, 6.07) is 8.43. The number of carbonyl (C=O) groups excluding carboxylic acids is 1. The van der Waals surface area contributed by atoms with Crippen molar-refractivity contribution in [3.05, 3.63) is 59.4 Å². The Bertz CT molecular complexity index is 821. The van der Waals surface area contributed by atoms with E-state index in [4.69, 9.17) is 14.2 Å². The molecule has 0 N–H and O–H groups in total. The molecular formula is C19H17F3O5. The molecule has 8 heteroatoms. The summed E-state index contributed by atoms with van der Waals surface area (Å²) in [5, 5.41) is 0. The largest absolute Gasteiger partial charge is 0.494 e. The van der Waals surface area contributed by atoms with Gasteiger partial charge in [-0.25, -0.2) is 9.18 Å². The molecule has 2 aromatic carbocycles. The van der Waals surface area contributed by atoms with Gasteiger partial charge >= 0.3 is 12.6 Å². The summed E-state index contributed by atoms with van der Waals surface area (Å²) in [6.07, 6.45) is 2.54. The first-order valence-electron chi connectivity index (χ1n) is 7.73. The molecule has 0 aromatic heterocycles. The van der Waals surface area contributed by atoms with Crippen LogP contribution in [-0.2, 0) is 16.1 Å². The van der Waals surface area contributed by atoms with Gasteiger partial charge in [-0.3, -0.25) is 0 Å².